The molecule has 1 aromatic carbocycles. The molecule has 0 aliphatic carbocycles. The molecule has 0 spiro atoms. The van der Waals surface area contributed by atoms with Gasteiger partial charge in [-0.15, -0.1) is 23.5 Å². The number of carbonyl (C=O) groups is 2. The lowest BCUT2D eigenvalue weighted by Gasteiger charge is -2.06. The molecule has 0 saturated carbocycles. The molecule has 1 amide bonds. The fraction of sp³-hybridized carbons (Fsp3) is 0.231. The molecule has 1 N–H and O–H groups in total. The van der Waals surface area contributed by atoms with Crippen LogP contribution in [-0.2, 0) is 9.53 Å². The number of hydrogen-bond acceptors (Lipinski definition) is 5. The molecule has 19 heavy (non-hydrogen) atoms. The summed E-state index contributed by atoms with van der Waals surface area (Å²) < 4.78 is 5.63. The number of hydrogen-bond donors (Lipinski definition) is 1. The van der Waals surface area contributed by atoms with Crippen molar-refractivity contribution in [3.63, 3.8) is 0 Å². The van der Waals surface area contributed by atoms with E-state index in [4.69, 9.17) is 4.74 Å². The van der Waals surface area contributed by atoms with Crippen molar-refractivity contribution < 1.29 is 14.3 Å². The zero-order chi connectivity index (χ0) is 14.0. The molecule has 100 valence electrons. The van der Waals surface area contributed by atoms with Gasteiger partial charge < -0.3 is 10.1 Å². The van der Waals surface area contributed by atoms with Gasteiger partial charge in [0.05, 0.1) is 22.5 Å². The quantitative estimate of drug-likeness (QED) is 0.686. The van der Waals surface area contributed by atoms with E-state index in [1.54, 1.807) is 18.2 Å². The number of ether oxygens (including phenoxy) is 1. The topological polar surface area (TPSA) is 55.4 Å². The molecule has 4 nitrogen and oxygen atoms in total. The average Bonchev–Trinajstić information content (AvgIpc) is 2.75. The number of benzene rings is 1. The first kappa shape index (κ1) is 14.0. The molecule has 2 rings (SSSR count). The molecule has 0 bridgehead atoms. The van der Waals surface area contributed by atoms with Gasteiger partial charge in [0, 0.05) is 11.3 Å². The van der Waals surface area contributed by atoms with Gasteiger partial charge in [-0.3, -0.25) is 4.79 Å². The lowest BCUT2D eigenvalue weighted by molar-refractivity contribution is -0.110. The summed E-state index contributed by atoms with van der Waals surface area (Å²) in [6, 6.07) is 5.07. The summed E-state index contributed by atoms with van der Waals surface area (Å²) in [5.74, 6) is -0.535. The largest absolute Gasteiger partial charge is 0.465 e. The molecule has 0 aromatic heterocycles. The van der Waals surface area contributed by atoms with Crippen molar-refractivity contribution in [2.75, 3.05) is 24.9 Å². The van der Waals surface area contributed by atoms with Crippen LogP contribution in [0.25, 0.3) is 5.57 Å². The summed E-state index contributed by atoms with van der Waals surface area (Å²) in [4.78, 5) is 23.6. The Morgan fingerprint density at radius 2 is 1.95 bits per heavy atom. The number of methoxy groups -OCH3 is 1. The van der Waals surface area contributed by atoms with Gasteiger partial charge in [-0.2, -0.15) is 0 Å². The Morgan fingerprint density at radius 1 is 1.26 bits per heavy atom. The van der Waals surface area contributed by atoms with E-state index >= 15 is 0 Å². The number of fused-ring (bicyclic) bond motifs is 1. The van der Waals surface area contributed by atoms with Crippen molar-refractivity contribution in [2.24, 2.45) is 0 Å². The van der Waals surface area contributed by atoms with Crippen LogP contribution in [0.15, 0.2) is 22.4 Å². The molecule has 0 unspecified atom stereocenters. The third-order valence-electron chi connectivity index (χ3n) is 2.76. The Labute approximate surface area is 120 Å². The van der Waals surface area contributed by atoms with E-state index in [-0.39, 0.29) is 5.91 Å². The van der Waals surface area contributed by atoms with Gasteiger partial charge >= 0.3 is 5.97 Å². The molecule has 0 atom stereocenters. The average molecular weight is 295 g/mol. The van der Waals surface area contributed by atoms with E-state index < -0.39 is 5.97 Å². The third kappa shape index (κ3) is 2.50. The number of rotatable bonds is 3. The Hall–Kier alpha value is -1.40. The van der Waals surface area contributed by atoms with Crippen molar-refractivity contribution in [3.8, 4) is 0 Å². The number of amides is 1. The third-order valence-corrected chi connectivity index (χ3v) is 4.91. The molecule has 1 heterocycles. The van der Waals surface area contributed by atoms with Crippen LogP contribution in [0.1, 0.15) is 15.9 Å². The Balaban J connectivity index is 2.58. The smallest absolute Gasteiger partial charge is 0.337 e. The van der Waals surface area contributed by atoms with E-state index in [1.807, 2.05) is 12.5 Å². The standard InChI is InChI=1S/C13H13NO3S2/c1-17-12(16)7-4-5-9-8(6-7)10(11(15)14-9)13(18-2)19-3/h4-6H,1-3H3,(H,14,15). The van der Waals surface area contributed by atoms with Gasteiger partial charge in [0.25, 0.3) is 5.91 Å². The molecule has 1 aliphatic heterocycles. The second-order valence-electron chi connectivity index (χ2n) is 3.78. The van der Waals surface area contributed by atoms with Crippen molar-refractivity contribution in [3.05, 3.63) is 33.6 Å². The Morgan fingerprint density at radius 3 is 2.53 bits per heavy atom. The first-order chi connectivity index (χ1) is 9.12. The van der Waals surface area contributed by atoms with Gasteiger partial charge in [-0.05, 0) is 30.7 Å². The predicted molar refractivity (Wildman–Crippen MR) is 80.4 cm³/mol. The highest BCUT2D eigenvalue weighted by Gasteiger charge is 2.28. The maximum Gasteiger partial charge on any atom is 0.337 e. The summed E-state index contributed by atoms with van der Waals surface area (Å²) in [7, 11) is 1.34. The van der Waals surface area contributed by atoms with Crippen molar-refractivity contribution in [2.45, 2.75) is 0 Å². The van der Waals surface area contributed by atoms with Gasteiger partial charge in [-0.25, -0.2) is 4.79 Å². The number of nitrogens with one attached hydrogen (secondary N) is 1. The van der Waals surface area contributed by atoms with Crippen LogP contribution in [-0.4, -0.2) is 31.5 Å². The molecular formula is C13H13NO3S2. The van der Waals surface area contributed by atoms with E-state index in [1.165, 1.54) is 30.6 Å². The lowest BCUT2D eigenvalue weighted by atomic mass is 10.1. The highest BCUT2D eigenvalue weighted by molar-refractivity contribution is 8.22. The molecule has 0 radical (unpaired) electrons. The van der Waals surface area contributed by atoms with Crippen molar-refractivity contribution in [1.82, 2.24) is 0 Å². The molecule has 0 saturated heterocycles. The minimum absolute atomic E-state index is 0.129. The van der Waals surface area contributed by atoms with Crippen LogP contribution < -0.4 is 5.32 Å². The van der Waals surface area contributed by atoms with Crippen LogP contribution in [0.3, 0.4) is 0 Å². The van der Waals surface area contributed by atoms with Crippen LogP contribution in [0.2, 0.25) is 0 Å². The van der Waals surface area contributed by atoms with Gasteiger partial charge in [-0.1, -0.05) is 0 Å². The predicted octanol–water partition coefficient (Wildman–Crippen LogP) is 2.82. The first-order valence-electron chi connectivity index (χ1n) is 5.48. The zero-order valence-corrected chi connectivity index (χ0v) is 12.4. The Bertz CT molecular complexity index is 575. The molecule has 1 aliphatic rings. The van der Waals surface area contributed by atoms with Crippen LogP contribution >= 0.6 is 23.5 Å². The summed E-state index contributed by atoms with van der Waals surface area (Å²) >= 11 is 3.04. The Kier molecular flexibility index (Phi) is 4.21. The summed E-state index contributed by atoms with van der Waals surface area (Å²) in [5.41, 5.74) is 2.55. The molecular weight excluding hydrogens is 282 g/mol. The summed E-state index contributed by atoms with van der Waals surface area (Å²) in [6.07, 6.45) is 3.85. The maximum atomic E-state index is 12.0. The summed E-state index contributed by atoms with van der Waals surface area (Å²) in [6.45, 7) is 0. The van der Waals surface area contributed by atoms with Crippen LogP contribution in [0.5, 0.6) is 0 Å². The molecule has 6 heteroatoms. The second-order valence-corrected chi connectivity index (χ2v) is 5.67. The van der Waals surface area contributed by atoms with E-state index in [2.05, 4.69) is 5.32 Å². The second kappa shape index (κ2) is 5.71. The minimum Gasteiger partial charge on any atom is -0.465 e. The number of esters is 1. The SMILES string of the molecule is COC(=O)c1ccc2c(c1)C(=C(SC)SC)C(=O)N2. The van der Waals surface area contributed by atoms with Gasteiger partial charge in [0.2, 0.25) is 0 Å². The number of thioether (sulfide) groups is 2. The van der Waals surface area contributed by atoms with Crippen molar-refractivity contribution in [1.29, 1.82) is 0 Å². The first-order valence-corrected chi connectivity index (χ1v) is 7.93. The fourth-order valence-electron chi connectivity index (χ4n) is 1.90. The monoisotopic (exact) mass is 295 g/mol. The fourth-order valence-corrected chi connectivity index (χ4v) is 3.38. The zero-order valence-electron chi connectivity index (χ0n) is 10.8. The van der Waals surface area contributed by atoms with E-state index in [0.717, 1.165) is 15.5 Å². The number of anilines is 1. The van der Waals surface area contributed by atoms with Crippen molar-refractivity contribution >= 4 is 46.7 Å². The molecule has 0 fully saturated rings. The normalized spacial score (nSPS) is 13.0. The minimum atomic E-state index is -0.406. The van der Waals surface area contributed by atoms with E-state index in [9.17, 15) is 9.59 Å². The highest BCUT2D eigenvalue weighted by atomic mass is 32.2. The highest BCUT2D eigenvalue weighted by Crippen LogP contribution is 2.40. The molecule has 1 aromatic rings. The lowest BCUT2D eigenvalue weighted by Crippen LogP contribution is -2.04. The van der Waals surface area contributed by atoms with Crippen LogP contribution in [0, 0.1) is 0 Å². The number of carbonyl (C=O) groups excluding carboxylic acids is 2. The maximum absolute atomic E-state index is 12.0. The van der Waals surface area contributed by atoms with Gasteiger partial charge in [0.1, 0.15) is 0 Å². The summed E-state index contributed by atoms with van der Waals surface area (Å²) in [5, 5.41) is 2.81. The van der Waals surface area contributed by atoms with E-state index in [0.29, 0.717) is 11.1 Å². The van der Waals surface area contributed by atoms with Gasteiger partial charge in [0.15, 0.2) is 0 Å². The van der Waals surface area contributed by atoms with Crippen LogP contribution in [0.4, 0.5) is 5.69 Å².